The Hall–Kier alpha value is -1.79. The number of carbonyl (C=O) groups excluding carboxylic acids is 3. The predicted octanol–water partition coefficient (Wildman–Crippen LogP) is 0.579. The Morgan fingerprint density at radius 3 is 2.21 bits per heavy atom. The molecule has 1 atom stereocenters. The number of nitrogens with one attached hydrogen (secondary N) is 2. The first-order chi connectivity index (χ1) is 8.69. The summed E-state index contributed by atoms with van der Waals surface area (Å²) >= 11 is 0. The van der Waals surface area contributed by atoms with Crippen LogP contribution in [0.15, 0.2) is 0 Å². The Kier molecular flexibility index (Phi) is 6.89. The van der Waals surface area contributed by atoms with Crippen molar-refractivity contribution in [1.82, 2.24) is 10.6 Å². The number of esters is 1. The lowest BCUT2D eigenvalue weighted by Crippen LogP contribution is -2.44. The van der Waals surface area contributed by atoms with Crippen molar-refractivity contribution in [2.75, 3.05) is 14.2 Å². The van der Waals surface area contributed by atoms with Crippen LogP contribution in [0.2, 0.25) is 0 Å². The van der Waals surface area contributed by atoms with E-state index >= 15 is 0 Å². The number of amides is 2. The molecular formula is C12H22N2O5. The summed E-state index contributed by atoms with van der Waals surface area (Å²) in [5.74, 6) is -0.838. The molecule has 19 heavy (non-hydrogen) atoms. The molecule has 0 fully saturated rings. The third-order valence-electron chi connectivity index (χ3n) is 2.12. The Labute approximate surface area is 113 Å². The number of hydrogen-bond donors (Lipinski definition) is 2. The summed E-state index contributed by atoms with van der Waals surface area (Å²) < 4.78 is 9.61. The summed E-state index contributed by atoms with van der Waals surface area (Å²) in [7, 11) is 2.71. The van der Waals surface area contributed by atoms with Gasteiger partial charge in [-0.15, -0.1) is 0 Å². The van der Waals surface area contributed by atoms with Gasteiger partial charge >= 0.3 is 12.1 Å². The van der Waals surface area contributed by atoms with Crippen LogP contribution in [0.3, 0.4) is 0 Å². The van der Waals surface area contributed by atoms with Crippen molar-refractivity contribution in [3.05, 3.63) is 0 Å². The molecule has 0 aliphatic carbocycles. The van der Waals surface area contributed by atoms with Crippen LogP contribution in [-0.4, -0.2) is 43.8 Å². The summed E-state index contributed by atoms with van der Waals surface area (Å²) in [5.41, 5.74) is -0.661. The average molecular weight is 274 g/mol. The zero-order valence-electron chi connectivity index (χ0n) is 12.0. The molecule has 0 spiro atoms. The van der Waals surface area contributed by atoms with E-state index in [1.165, 1.54) is 14.2 Å². The zero-order valence-corrected chi connectivity index (χ0v) is 12.0. The largest absolute Gasteiger partial charge is 0.467 e. The first-order valence-electron chi connectivity index (χ1n) is 5.97. The summed E-state index contributed by atoms with van der Waals surface area (Å²) in [6.45, 7) is 5.14. The molecule has 0 radical (unpaired) electrons. The van der Waals surface area contributed by atoms with Gasteiger partial charge in [-0.2, -0.15) is 0 Å². The fraction of sp³-hybridized carbons (Fsp3) is 0.750. The molecule has 0 aliphatic rings. The number of methoxy groups -OCH3 is 1. The summed E-state index contributed by atoms with van der Waals surface area (Å²) in [4.78, 5) is 34.2. The maximum atomic E-state index is 11.6. The Morgan fingerprint density at radius 1 is 1.21 bits per heavy atom. The quantitative estimate of drug-likeness (QED) is 0.715. The molecule has 0 aromatic carbocycles. The first kappa shape index (κ1) is 17.2. The van der Waals surface area contributed by atoms with Crippen LogP contribution in [-0.2, 0) is 19.1 Å². The normalized spacial score (nSPS) is 12.3. The Balaban J connectivity index is 4.47. The van der Waals surface area contributed by atoms with E-state index in [9.17, 15) is 14.4 Å². The van der Waals surface area contributed by atoms with Crippen LogP contribution < -0.4 is 10.6 Å². The van der Waals surface area contributed by atoms with Crippen LogP contribution in [0, 0.1) is 0 Å². The zero-order chi connectivity index (χ0) is 15.1. The van der Waals surface area contributed by atoms with Gasteiger partial charge in [-0.05, 0) is 27.2 Å². The van der Waals surface area contributed by atoms with E-state index in [0.29, 0.717) is 0 Å². The number of ether oxygens (including phenoxy) is 2. The van der Waals surface area contributed by atoms with E-state index in [0.717, 1.165) is 0 Å². The molecule has 1 unspecified atom stereocenters. The van der Waals surface area contributed by atoms with Crippen molar-refractivity contribution < 1.29 is 23.9 Å². The van der Waals surface area contributed by atoms with E-state index in [4.69, 9.17) is 4.74 Å². The van der Waals surface area contributed by atoms with Gasteiger partial charge in [0, 0.05) is 13.5 Å². The minimum Gasteiger partial charge on any atom is -0.467 e. The number of hydrogen-bond acceptors (Lipinski definition) is 5. The second-order valence-electron chi connectivity index (χ2n) is 4.93. The van der Waals surface area contributed by atoms with E-state index in [-0.39, 0.29) is 18.7 Å². The van der Waals surface area contributed by atoms with Crippen molar-refractivity contribution in [3.8, 4) is 0 Å². The molecule has 7 nitrogen and oxygen atoms in total. The smallest absolute Gasteiger partial charge is 0.408 e. The summed E-state index contributed by atoms with van der Waals surface area (Å²) in [6, 6.07) is -0.905. The molecule has 0 heterocycles. The van der Waals surface area contributed by atoms with Gasteiger partial charge in [0.05, 0.1) is 7.11 Å². The molecule has 7 heteroatoms. The van der Waals surface area contributed by atoms with Crippen LogP contribution >= 0.6 is 0 Å². The highest BCUT2D eigenvalue weighted by atomic mass is 16.6. The lowest BCUT2D eigenvalue weighted by molar-refractivity contribution is -0.143. The molecule has 110 valence electrons. The topological polar surface area (TPSA) is 93.7 Å². The van der Waals surface area contributed by atoms with Gasteiger partial charge in [-0.25, -0.2) is 9.59 Å². The van der Waals surface area contributed by atoms with E-state index in [1.54, 1.807) is 20.8 Å². The lowest BCUT2D eigenvalue weighted by atomic mass is 10.1. The maximum absolute atomic E-state index is 11.6. The van der Waals surface area contributed by atoms with Crippen LogP contribution in [0.25, 0.3) is 0 Å². The van der Waals surface area contributed by atoms with Gasteiger partial charge < -0.3 is 20.1 Å². The monoisotopic (exact) mass is 274 g/mol. The second-order valence-corrected chi connectivity index (χ2v) is 4.93. The standard InChI is InChI=1S/C12H22N2O5/c1-12(2,3)19-11(17)14-8(10(16)18-5)6-7-9(15)13-4/h8H,6-7H2,1-5H3,(H,13,15)(H,14,17). The van der Waals surface area contributed by atoms with Crippen molar-refractivity contribution >= 4 is 18.0 Å². The fourth-order valence-corrected chi connectivity index (χ4v) is 1.24. The SMILES string of the molecule is CNC(=O)CCC(NC(=O)OC(C)(C)C)C(=O)OC. The van der Waals surface area contributed by atoms with E-state index in [2.05, 4.69) is 15.4 Å². The predicted molar refractivity (Wildman–Crippen MR) is 68.5 cm³/mol. The van der Waals surface area contributed by atoms with Gasteiger partial charge in [0.15, 0.2) is 0 Å². The second kappa shape index (κ2) is 7.60. The highest BCUT2D eigenvalue weighted by molar-refractivity contribution is 5.82. The van der Waals surface area contributed by atoms with Crippen LogP contribution in [0.1, 0.15) is 33.6 Å². The van der Waals surface area contributed by atoms with Gasteiger partial charge in [-0.3, -0.25) is 4.79 Å². The number of carbonyl (C=O) groups is 3. The third kappa shape index (κ3) is 8.01. The average Bonchev–Trinajstić information content (AvgIpc) is 2.30. The van der Waals surface area contributed by atoms with Crippen LogP contribution in [0.4, 0.5) is 4.79 Å². The third-order valence-corrected chi connectivity index (χ3v) is 2.12. The van der Waals surface area contributed by atoms with Crippen molar-refractivity contribution in [2.24, 2.45) is 0 Å². The minimum absolute atomic E-state index is 0.103. The van der Waals surface area contributed by atoms with Gasteiger partial charge in [0.25, 0.3) is 0 Å². The van der Waals surface area contributed by atoms with Gasteiger partial charge in [0.1, 0.15) is 11.6 Å². The van der Waals surface area contributed by atoms with Crippen molar-refractivity contribution in [2.45, 2.75) is 45.3 Å². The van der Waals surface area contributed by atoms with Crippen molar-refractivity contribution in [3.63, 3.8) is 0 Å². The fourth-order valence-electron chi connectivity index (χ4n) is 1.24. The van der Waals surface area contributed by atoms with Gasteiger partial charge in [0.2, 0.25) is 5.91 Å². The lowest BCUT2D eigenvalue weighted by Gasteiger charge is -2.22. The number of rotatable bonds is 5. The Morgan fingerprint density at radius 2 is 1.79 bits per heavy atom. The molecule has 0 aromatic rings. The summed E-state index contributed by atoms with van der Waals surface area (Å²) in [5, 5.41) is 4.82. The molecular weight excluding hydrogens is 252 g/mol. The molecule has 2 N–H and O–H groups in total. The molecule has 0 rings (SSSR count). The molecule has 2 amide bonds. The van der Waals surface area contributed by atoms with E-state index < -0.39 is 23.7 Å². The van der Waals surface area contributed by atoms with Crippen molar-refractivity contribution in [1.29, 1.82) is 0 Å². The van der Waals surface area contributed by atoms with E-state index in [1.807, 2.05) is 0 Å². The highest BCUT2D eigenvalue weighted by Gasteiger charge is 2.25. The molecule has 0 saturated carbocycles. The highest BCUT2D eigenvalue weighted by Crippen LogP contribution is 2.08. The minimum atomic E-state index is -0.905. The maximum Gasteiger partial charge on any atom is 0.408 e. The molecule has 0 aliphatic heterocycles. The Bertz CT molecular complexity index is 336. The number of alkyl carbamates (subject to hydrolysis) is 1. The van der Waals surface area contributed by atoms with Gasteiger partial charge in [-0.1, -0.05) is 0 Å². The summed E-state index contributed by atoms with van der Waals surface area (Å²) in [6.07, 6.45) is -0.475. The molecule has 0 saturated heterocycles. The first-order valence-corrected chi connectivity index (χ1v) is 5.97. The molecule has 0 bridgehead atoms. The van der Waals surface area contributed by atoms with Crippen LogP contribution in [0.5, 0.6) is 0 Å². The molecule has 0 aromatic heterocycles.